The summed E-state index contributed by atoms with van der Waals surface area (Å²) in [5.41, 5.74) is -0.179. The Bertz CT molecular complexity index is 1330. The molecule has 1 aromatic heterocycles. The highest BCUT2D eigenvalue weighted by molar-refractivity contribution is 7.89. The largest absolute Gasteiger partial charge is 0.417 e. The molecule has 222 valence electrons. The van der Waals surface area contributed by atoms with Crippen molar-refractivity contribution in [1.82, 2.24) is 14.2 Å². The SMILES string of the molecule is Cc1c(C(=O)N2CCC(C)CC2)cc(-c2ccc(S(=O)(=O)NC(C)(C)C)c(C(F)(F)F)c2)n1CC1CCCCC1. The van der Waals surface area contributed by atoms with E-state index in [9.17, 15) is 26.4 Å². The number of aromatic nitrogens is 1. The van der Waals surface area contributed by atoms with Gasteiger partial charge in [0.05, 0.1) is 16.0 Å². The van der Waals surface area contributed by atoms with Crippen LogP contribution in [0.2, 0.25) is 0 Å². The number of hydrogen-bond donors (Lipinski definition) is 1. The smallest absolute Gasteiger partial charge is 0.344 e. The molecule has 0 atom stereocenters. The summed E-state index contributed by atoms with van der Waals surface area (Å²) in [4.78, 5) is 14.6. The van der Waals surface area contributed by atoms with Crippen molar-refractivity contribution < 1.29 is 26.4 Å². The molecular formula is C30H42F3N3O3S. The monoisotopic (exact) mass is 581 g/mol. The van der Waals surface area contributed by atoms with E-state index >= 15 is 0 Å². The van der Waals surface area contributed by atoms with E-state index in [-0.39, 0.29) is 11.5 Å². The summed E-state index contributed by atoms with van der Waals surface area (Å²) >= 11 is 0. The lowest BCUT2D eigenvalue weighted by atomic mass is 9.89. The Hall–Kier alpha value is -2.33. The highest BCUT2D eigenvalue weighted by Gasteiger charge is 2.39. The van der Waals surface area contributed by atoms with E-state index in [1.807, 2.05) is 16.4 Å². The lowest BCUT2D eigenvalue weighted by Crippen LogP contribution is -2.41. The molecule has 6 nitrogen and oxygen atoms in total. The Morgan fingerprint density at radius 3 is 2.20 bits per heavy atom. The summed E-state index contributed by atoms with van der Waals surface area (Å²) in [5.74, 6) is 0.827. The van der Waals surface area contributed by atoms with Gasteiger partial charge in [0.25, 0.3) is 5.91 Å². The highest BCUT2D eigenvalue weighted by atomic mass is 32.2. The standard InChI is InChI=1S/C30H42F3N3O3S/c1-20-13-15-35(16-14-20)28(37)24-18-26(36(21(24)2)19-22-9-7-6-8-10-22)23-11-12-27(25(17-23)30(31,32)33)40(38,39)34-29(3,4)5/h11-12,17-18,20,22,34H,6-10,13-16,19H2,1-5H3. The van der Waals surface area contributed by atoms with Crippen molar-refractivity contribution in [1.29, 1.82) is 0 Å². The topological polar surface area (TPSA) is 71.4 Å². The van der Waals surface area contributed by atoms with Gasteiger partial charge < -0.3 is 9.47 Å². The number of carbonyl (C=O) groups excluding carboxylic acids is 1. The average Bonchev–Trinajstić information content (AvgIpc) is 3.18. The van der Waals surface area contributed by atoms with Gasteiger partial charge >= 0.3 is 6.18 Å². The number of nitrogens with zero attached hydrogens (tertiary/aromatic N) is 2. The van der Waals surface area contributed by atoms with Crippen molar-refractivity contribution in [2.24, 2.45) is 11.8 Å². The van der Waals surface area contributed by atoms with Crippen LogP contribution in [0.15, 0.2) is 29.2 Å². The molecule has 40 heavy (non-hydrogen) atoms. The van der Waals surface area contributed by atoms with Crippen LogP contribution in [-0.2, 0) is 22.7 Å². The van der Waals surface area contributed by atoms with E-state index in [0.29, 0.717) is 42.7 Å². The van der Waals surface area contributed by atoms with Crippen LogP contribution in [0.3, 0.4) is 0 Å². The van der Waals surface area contributed by atoms with Gasteiger partial charge in [0, 0.05) is 36.6 Å². The maximum Gasteiger partial charge on any atom is 0.417 e. The number of halogens is 3. The molecule has 10 heteroatoms. The number of hydrogen-bond acceptors (Lipinski definition) is 3. The number of piperidine rings is 1. The summed E-state index contributed by atoms with van der Waals surface area (Å²) in [6.45, 7) is 10.7. The molecule has 2 heterocycles. The van der Waals surface area contributed by atoms with Gasteiger partial charge in [0.15, 0.2) is 0 Å². The first kappa shape index (κ1) is 30.6. The first-order chi connectivity index (χ1) is 18.6. The third-order valence-electron chi connectivity index (χ3n) is 8.14. The number of carbonyl (C=O) groups is 1. The maximum absolute atomic E-state index is 14.3. The molecular weight excluding hydrogens is 539 g/mol. The molecule has 0 spiro atoms. The molecule has 1 saturated heterocycles. The molecule has 0 bridgehead atoms. The molecule has 2 aromatic rings. The Balaban J connectivity index is 1.81. The van der Waals surface area contributed by atoms with Gasteiger partial charge in [0.2, 0.25) is 10.0 Å². The lowest BCUT2D eigenvalue weighted by Gasteiger charge is -2.30. The zero-order valence-corrected chi connectivity index (χ0v) is 25.0. The number of amides is 1. The summed E-state index contributed by atoms with van der Waals surface area (Å²) in [6, 6.07) is 5.08. The summed E-state index contributed by atoms with van der Waals surface area (Å²) in [7, 11) is -4.44. The Morgan fingerprint density at radius 1 is 1.00 bits per heavy atom. The van der Waals surface area contributed by atoms with Gasteiger partial charge in [-0.2, -0.15) is 13.2 Å². The molecule has 1 aliphatic heterocycles. The minimum absolute atomic E-state index is 0.0994. The Kier molecular flexibility index (Phi) is 8.81. The third kappa shape index (κ3) is 6.93. The van der Waals surface area contributed by atoms with E-state index < -0.39 is 32.2 Å². The van der Waals surface area contributed by atoms with Crippen molar-refractivity contribution in [3.05, 3.63) is 41.1 Å². The Morgan fingerprint density at radius 2 is 1.62 bits per heavy atom. The van der Waals surface area contributed by atoms with Crippen LogP contribution in [-0.4, -0.2) is 42.4 Å². The van der Waals surface area contributed by atoms with Crippen molar-refractivity contribution >= 4 is 15.9 Å². The maximum atomic E-state index is 14.3. The van der Waals surface area contributed by atoms with Crippen molar-refractivity contribution in [2.75, 3.05) is 13.1 Å². The van der Waals surface area contributed by atoms with E-state index in [0.717, 1.165) is 56.4 Å². The van der Waals surface area contributed by atoms with Crippen molar-refractivity contribution in [3.63, 3.8) is 0 Å². The predicted octanol–water partition coefficient (Wildman–Crippen LogP) is 7.01. The number of sulfonamides is 1. The van der Waals surface area contributed by atoms with Crippen LogP contribution in [0.5, 0.6) is 0 Å². The van der Waals surface area contributed by atoms with E-state index in [1.165, 1.54) is 12.5 Å². The van der Waals surface area contributed by atoms with E-state index in [2.05, 4.69) is 11.6 Å². The summed E-state index contributed by atoms with van der Waals surface area (Å²) in [6.07, 6.45) is 2.44. The van der Waals surface area contributed by atoms with Crippen molar-refractivity contribution in [2.45, 2.75) is 103 Å². The van der Waals surface area contributed by atoms with Crippen molar-refractivity contribution in [3.8, 4) is 11.3 Å². The first-order valence-corrected chi connectivity index (χ1v) is 15.8. The number of benzene rings is 1. The fourth-order valence-corrected chi connectivity index (χ4v) is 7.58. The molecule has 1 saturated carbocycles. The van der Waals surface area contributed by atoms with Crippen LogP contribution in [0.25, 0.3) is 11.3 Å². The molecule has 1 amide bonds. The number of alkyl halides is 3. The lowest BCUT2D eigenvalue weighted by molar-refractivity contribution is -0.139. The summed E-state index contributed by atoms with van der Waals surface area (Å²) < 4.78 is 73.2. The van der Waals surface area contributed by atoms with Crippen LogP contribution < -0.4 is 4.72 Å². The average molecular weight is 582 g/mol. The zero-order valence-electron chi connectivity index (χ0n) is 24.2. The normalized spacial score (nSPS) is 18.4. The second-order valence-corrected chi connectivity index (χ2v) is 14.3. The minimum Gasteiger partial charge on any atom is -0.344 e. The third-order valence-corrected chi connectivity index (χ3v) is 9.96. The van der Waals surface area contributed by atoms with Crippen LogP contribution in [0.4, 0.5) is 13.2 Å². The number of rotatable bonds is 6. The molecule has 1 N–H and O–H groups in total. The minimum atomic E-state index is -4.89. The Labute approximate surface area is 236 Å². The summed E-state index contributed by atoms with van der Waals surface area (Å²) in [5, 5.41) is 0. The molecule has 1 aromatic carbocycles. The molecule has 0 radical (unpaired) electrons. The van der Waals surface area contributed by atoms with Gasteiger partial charge in [0.1, 0.15) is 0 Å². The van der Waals surface area contributed by atoms with Crippen LogP contribution in [0.1, 0.15) is 94.3 Å². The fraction of sp³-hybridized carbons (Fsp3) is 0.633. The fourth-order valence-electron chi connectivity index (χ4n) is 5.95. The van der Waals surface area contributed by atoms with Crippen LogP contribution in [0, 0.1) is 18.8 Å². The number of likely N-dealkylation sites (tertiary alicyclic amines) is 1. The first-order valence-electron chi connectivity index (χ1n) is 14.3. The quantitative estimate of drug-likeness (QED) is 0.399. The number of nitrogens with one attached hydrogen (secondary N) is 1. The van der Waals surface area contributed by atoms with Gasteiger partial charge in [-0.25, -0.2) is 13.1 Å². The molecule has 2 aliphatic rings. The molecule has 2 fully saturated rings. The highest BCUT2D eigenvalue weighted by Crippen LogP contribution is 2.39. The second-order valence-electron chi connectivity index (χ2n) is 12.7. The van der Waals surface area contributed by atoms with Gasteiger partial charge in [-0.1, -0.05) is 32.3 Å². The molecule has 4 rings (SSSR count). The predicted molar refractivity (Wildman–Crippen MR) is 151 cm³/mol. The second kappa shape index (κ2) is 11.5. The van der Waals surface area contributed by atoms with Gasteiger partial charge in [-0.05, 0) is 89.0 Å². The van der Waals surface area contributed by atoms with E-state index in [1.54, 1.807) is 26.8 Å². The van der Waals surface area contributed by atoms with Gasteiger partial charge in [-0.15, -0.1) is 0 Å². The van der Waals surface area contributed by atoms with E-state index in [4.69, 9.17) is 0 Å². The van der Waals surface area contributed by atoms with Gasteiger partial charge in [-0.3, -0.25) is 4.79 Å². The molecule has 1 aliphatic carbocycles. The zero-order chi connectivity index (χ0) is 29.5. The molecule has 0 unspecified atom stereocenters. The van der Waals surface area contributed by atoms with Crippen LogP contribution >= 0.6 is 0 Å².